The molecule has 1 fully saturated rings. The normalized spacial score (nSPS) is 22.4. The van der Waals surface area contributed by atoms with Crippen LogP contribution in [0.5, 0.6) is 0 Å². The van der Waals surface area contributed by atoms with Crippen LogP contribution in [0.15, 0.2) is 84.0 Å². The first-order valence-corrected chi connectivity index (χ1v) is 12.6. The molecule has 0 aromatic heterocycles. The van der Waals surface area contributed by atoms with Gasteiger partial charge >= 0.3 is 0 Å². The van der Waals surface area contributed by atoms with Crippen LogP contribution in [0.3, 0.4) is 0 Å². The van der Waals surface area contributed by atoms with Crippen molar-refractivity contribution >= 4 is 5.78 Å². The van der Waals surface area contributed by atoms with Crippen molar-refractivity contribution in [2.24, 2.45) is 0 Å². The van der Waals surface area contributed by atoms with Gasteiger partial charge in [-0.3, -0.25) is 4.79 Å². The predicted molar refractivity (Wildman–Crippen MR) is 141 cm³/mol. The Kier molecular flexibility index (Phi) is 10.0. The number of ether oxygens (including phenoxy) is 1. The van der Waals surface area contributed by atoms with E-state index >= 15 is 0 Å². The molecule has 4 unspecified atom stereocenters. The van der Waals surface area contributed by atoms with E-state index in [1.165, 1.54) is 0 Å². The lowest BCUT2D eigenvalue weighted by molar-refractivity contribution is -0.137. The van der Waals surface area contributed by atoms with Gasteiger partial charge < -0.3 is 4.74 Å². The molecule has 2 aromatic rings. The number of Topliss-reactive ketones (excluding diaryl/α,β-unsaturated/α-hetero) is 1. The zero-order valence-corrected chi connectivity index (χ0v) is 21.6. The fourth-order valence-electron chi connectivity index (χ4n) is 4.91. The number of allylic oxidation sites excluding steroid dienone is 1. The molecule has 0 aliphatic carbocycles. The first-order valence-electron chi connectivity index (χ1n) is 12.6. The first-order chi connectivity index (χ1) is 16.4. The molecule has 2 aliphatic rings. The third-order valence-corrected chi connectivity index (χ3v) is 6.62. The minimum atomic E-state index is -0.737. The highest BCUT2D eigenvalue weighted by molar-refractivity contribution is 6.07. The second kappa shape index (κ2) is 12.5. The van der Waals surface area contributed by atoms with E-state index in [2.05, 4.69) is 24.8 Å². The molecule has 2 heterocycles. The molecule has 4 atom stereocenters. The van der Waals surface area contributed by atoms with E-state index in [9.17, 15) is 10.1 Å². The second-order valence-corrected chi connectivity index (χ2v) is 8.61. The summed E-state index contributed by atoms with van der Waals surface area (Å²) in [5, 5.41) is 10.1. The van der Waals surface area contributed by atoms with Crippen LogP contribution >= 0.6 is 0 Å². The minimum Gasteiger partial charge on any atom is -0.360 e. The summed E-state index contributed by atoms with van der Waals surface area (Å²) < 4.78 is 6.02. The van der Waals surface area contributed by atoms with Crippen molar-refractivity contribution in [2.75, 3.05) is 0 Å². The second-order valence-electron chi connectivity index (χ2n) is 8.61. The molecule has 180 valence electrons. The number of hydrogen-bond acceptors (Lipinski definition) is 3. The van der Waals surface area contributed by atoms with Gasteiger partial charge in [-0.1, -0.05) is 94.9 Å². The van der Waals surface area contributed by atoms with Crippen LogP contribution in [0.2, 0.25) is 0 Å². The molecule has 1 saturated heterocycles. The Morgan fingerprint density at radius 1 is 1.06 bits per heavy atom. The van der Waals surface area contributed by atoms with Crippen molar-refractivity contribution in [2.45, 2.75) is 84.3 Å². The van der Waals surface area contributed by atoms with Crippen molar-refractivity contribution in [1.82, 2.24) is 0 Å². The van der Waals surface area contributed by atoms with Gasteiger partial charge in [0.25, 0.3) is 0 Å². The number of fused-ring (bicyclic) bond motifs is 2. The Morgan fingerprint density at radius 2 is 1.59 bits per heavy atom. The van der Waals surface area contributed by atoms with E-state index in [1.807, 2.05) is 90.1 Å². The average molecular weight is 458 g/mol. The molecule has 3 heteroatoms. The number of carbonyl (C=O) groups excluding carboxylic acids is 1. The third-order valence-electron chi connectivity index (χ3n) is 6.62. The van der Waals surface area contributed by atoms with Crippen molar-refractivity contribution < 1.29 is 9.53 Å². The molecule has 4 rings (SSSR count). The molecule has 2 bridgehead atoms. The number of nitriles is 1. The Hall–Kier alpha value is -2.96. The van der Waals surface area contributed by atoms with Gasteiger partial charge in [-0.25, -0.2) is 0 Å². The maximum absolute atomic E-state index is 13.3. The molecular formula is C31H39NO2. The lowest BCUT2D eigenvalue weighted by Crippen LogP contribution is -2.41. The Morgan fingerprint density at radius 3 is 2.12 bits per heavy atom. The summed E-state index contributed by atoms with van der Waals surface area (Å²) in [5.41, 5.74) is 3.86. The Labute approximate surface area is 206 Å². The molecule has 2 aliphatic heterocycles. The molecule has 0 spiro atoms. The molecule has 34 heavy (non-hydrogen) atoms. The van der Waals surface area contributed by atoms with Gasteiger partial charge in [0.2, 0.25) is 0 Å². The fourth-order valence-corrected chi connectivity index (χ4v) is 4.91. The molecule has 2 aromatic carbocycles. The summed E-state index contributed by atoms with van der Waals surface area (Å²) in [4.78, 5) is 13.3. The summed E-state index contributed by atoms with van der Waals surface area (Å²) in [6, 6.07) is 22.5. The molecule has 0 N–H and O–H groups in total. The highest BCUT2D eigenvalue weighted by atomic mass is 16.5. The molecule has 3 nitrogen and oxygen atoms in total. The van der Waals surface area contributed by atoms with Gasteiger partial charge in [0.15, 0.2) is 5.78 Å². The summed E-state index contributed by atoms with van der Waals surface area (Å²) in [6.07, 6.45) is 2.17. The van der Waals surface area contributed by atoms with Crippen LogP contribution in [-0.2, 0) is 9.53 Å². The van der Waals surface area contributed by atoms with E-state index in [0.29, 0.717) is 6.42 Å². The summed E-state index contributed by atoms with van der Waals surface area (Å²) in [6.45, 7) is 16.2. The molecule has 0 radical (unpaired) electrons. The van der Waals surface area contributed by atoms with Crippen molar-refractivity contribution in [3.8, 4) is 6.07 Å². The number of rotatable bonds is 6. The maximum atomic E-state index is 13.3. The summed E-state index contributed by atoms with van der Waals surface area (Å²) in [7, 11) is 0. The summed E-state index contributed by atoms with van der Waals surface area (Å²) in [5.74, 6) is -0.375. The lowest BCUT2D eigenvalue weighted by atomic mass is 9.76. The van der Waals surface area contributed by atoms with Gasteiger partial charge in [-0.2, -0.15) is 5.26 Å². The van der Waals surface area contributed by atoms with Crippen LogP contribution < -0.4 is 0 Å². The molecule has 0 saturated carbocycles. The first kappa shape index (κ1) is 27.3. The fraction of sp³-hybridized carbons (Fsp3) is 0.419. The monoisotopic (exact) mass is 457 g/mol. The van der Waals surface area contributed by atoms with Crippen LogP contribution in [0.4, 0.5) is 0 Å². The zero-order valence-electron chi connectivity index (χ0n) is 21.6. The highest BCUT2D eigenvalue weighted by Crippen LogP contribution is 2.46. The minimum absolute atomic E-state index is 0.00416. The van der Waals surface area contributed by atoms with E-state index in [-0.39, 0.29) is 23.7 Å². The number of ketones is 1. The molecule has 0 amide bonds. The molecular weight excluding hydrogens is 418 g/mol. The average Bonchev–Trinajstić information content (AvgIpc) is 3.27. The van der Waals surface area contributed by atoms with Crippen LogP contribution in [-0.4, -0.2) is 17.5 Å². The van der Waals surface area contributed by atoms with Gasteiger partial charge in [-0.05, 0) is 55.4 Å². The van der Waals surface area contributed by atoms with E-state index in [4.69, 9.17) is 4.74 Å². The van der Waals surface area contributed by atoms with E-state index in [0.717, 1.165) is 40.7 Å². The van der Waals surface area contributed by atoms with Gasteiger partial charge in [0.1, 0.15) is 5.60 Å². The van der Waals surface area contributed by atoms with Gasteiger partial charge in [0, 0.05) is 11.5 Å². The summed E-state index contributed by atoms with van der Waals surface area (Å²) >= 11 is 0. The van der Waals surface area contributed by atoms with E-state index in [1.54, 1.807) is 0 Å². The SMILES string of the molecule is C=C(CC(c1ccccc1)C(C#N)c1ccccc1)C1=C(C)C2CCC(C)(O2)C1=O.CC.CC. The van der Waals surface area contributed by atoms with Crippen molar-refractivity contribution in [3.63, 3.8) is 0 Å². The largest absolute Gasteiger partial charge is 0.360 e. The highest BCUT2D eigenvalue weighted by Gasteiger charge is 2.49. The van der Waals surface area contributed by atoms with Crippen molar-refractivity contribution in [1.29, 1.82) is 5.26 Å². The lowest BCUT2D eigenvalue weighted by Gasteiger charge is -2.33. The van der Waals surface area contributed by atoms with E-state index < -0.39 is 5.60 Å². The van der Waals surface area contributed by atoms with Gasteiger partial charge in [-0.15, -0.1) is 0 Å². The maximum Gasteiger partial charge on any atom is 0.194 e. The smallest absolute Gasteiger partial charge is 0.194 e. The predicted octanol–water partition coefficient (Wildman–Crippen LogP) is 7.91. The zero-order chi connectivity index (χ0) is 25.3. The van der Waals surface area contributed by atoms with Crippen LogP contribution in [0.25, 0.3) is 0 Å². The number of carbonyl (C=O) groups is 1. The third kappa shape index (κ3) is 5.57. The topological polar surface area (TPSA) is 50.1 Å². The standard InChI is InChI=1S/C27H27NO2.2C2H6/c1-18(25-19(2)24-14-15-27(3,30-24)26(25)29)16-22(20-10-6-4-7-11-20)23(17-28)21-12-8-5-9-13-21;2*1-2/h4-13,22-24H,1,14-16H2,2-3H3;2*1-2H3. The van der Waals surface area contributed by atoms with Crippen LogP contribution in [0.1, 0.15) is 83.8 Å². The number of nitrogens with zero attached hydrogens (tertiary/aromatic N) is 1. The van der Waals surface area contributed by atoms with Crippen molar-refractivity contribution in [3.05, 3.63) is 95.1 Å². The quantitative estimate of drug-likeness (QED) is 0.443. The Bertz CT molecular complexity index is 1030. The number of benzene rings is 2. The Balaban J connectivity index is 0.000000970. The van der Waals surface area contributed by atoms with Crippen LogP contribution in [0, 0.1) is 11.3 Å². The van der Waals surface area contributed by atoms with Gasteiger partial charge in [0.05, 0.1) is 18.1 Å². The number of hydrogen-bond donors (Lipinski definition) is 0.